The van der Waals surface area contributed by atoms with Crippen LogP contribution in [0.4, 0.5) is 10.1 Å². The molecule has 6 nitrogen and oxygen atoms in total. The fourth-order valence-electron chi connectivity index (χ4n) is 3.91. The molecule has 31 heavy (non-hydrogen) atoms. The fourth-order valence-corrected chi connectivity index (χ4v) is 4.86. The van der Waals surface area contributed by atoms with Crippen LogP contribution in [0.5, 0.6) is 0 Å². The van der Waals surface area contributed by atoms with Crippen LogP contribution in [0.15, 0.2) is 53.4 Å². The number of rotatable bonds is 8. The van der Waals surface area contributed by atoms with Crippen LogP contribution in [0.25, 0.3) is 0 Å². The van der Waals surface area contributed by atoms with Gasteiger partial charge in [0.2, 0.25) is 15.9 Å². The Bertz CT molecular complexity index is 987. The number of nitrogens with zero attached hydrogens (tertiary/aromatic N) is 2. The predicted molar refractivity (Wildman–Crippen MR) is 120 cm³/mol. The zero-order chi connectivity index (χ0) is 22.4. The van der Waals surface area contributed by atoms with Crippen LogP contribution in [0, 0.1) is 5.82 Å². The average molecular weight is 448 g/mol. The third-order valence-corrected chi connectivity index (χ3v) is 7.44. The average Bonchev–Trinajstić information content (AvgIpc) is 2.75. The van der Waals surface area contributed by atoms with E-state index in [4.69, 9.17) is 0 Å². The van der Waals surface area contributed by atoms with Gasteiger partial charge in [0.25, 0.3) is 0 Å². The number of nitrogens with one attached hydrogen (secondary N) is 1. The van der Waals surface area contributed by atoms with Gasteiger partial charge in [0.1, 0.15) is 5.82 Å². The van der Waals surface area contributed by atoms with Gasteiger partial charge in [-0.2, -0.15) is 0 Å². The molecule has 168 valence electrons. The van der Waals surface area contributed by atoms with Crippen molar-refractivity contribution in [2.75, 3.05) is 26.0 Å². The van der Waals surface area contributed by atoms with E-state index in [9.17, 15) is 17.6 Å². The molecule has 3 rings (SSSR count). The summed E-state index contributed by atoms with van der Waals surface area (Å²) in [4.78, 5) is 15.1. The number of anilines is 1. The van der Waals surface area contributed by atoms with Crippen LogP contribution in [-0.4, -0.2) is 50.2 Å². The molecule has 0 heterocycles. The summed E-state index contributed by atoms with van der Waals surface area (Å²) in [5, 5.41) is 2.83. The second-order valence-electron chi connectivity index (χ2n) is 8.19. The topological polar surface area (TPSA) is 69.7 Å². The minimum Gasteiger partial charge on any atom is -0.325 e. The summed E-state index contributed by atoms with van der Waals surface area (Å²) >= 11 is 0. The molecule has 2 aromatic carbocycles. The van der Waals surface area contributed by atoms with E-state index in [-0.39, 0.29) is 23.2 Å². The fraction of sp³-hybridized carbons (Fsp3) is 0.435. The van der Waals surface area contributed by atoms with Gasteiger partial charge in [0.15, 0.2) is 0 Å². The number of hydrogen-bond acceptors (Lipinski definition) is 4. The summed E-state index contributed by atoms with van der Waals surface area (Å²) < 4.78 is 39.1. The molecule has 1 saturated carbocycles. The maximum atomic E-state index is 13.3. The molecule has 1 N–H and O–H groups in total. The number of halogens is 1. The maximum Gasteiger partial charge on any atom is 0.242 e. The molecule has 0 radical (unpaired) electrons. The Morgan fingerprint density at radius 3 is 2.39 bits per heavy atom. The van der Waals surface area contributed by atoms with Crippen LogP contribution >= 0.6 is 0 Å². The third kappa shape index (κ3) is 6.35. The minimum atomic E-state index is -3.58. The summed E-state index contributed by atoms with van der Waals surface area (Å²) in [7, 11) is -0.638. The molecule has 0 spiro atoms. The molecule has 0 saturated heterocycles. The first kappa shape index (κ1) is 23.4. The zero-order valence-corrected chi connectivity index (χ0v) is 18.9. The van der Waals surface area contributed by atoms with Crippen molar-refractivity contribution in [2.24, 2.45) is 0 Å². The van der Waals surface area contributed by atoms with E-state index in [1.807, 2.05) is 0 Å². The van der Waals surface area contributed by atoms with Gasteiger partial charge >= 0.3 is 0 Å². The number of carbonyl (C=O) groups is 1. The summed E-state index contributed by atoms with van der Waals surface area (Å²) in [5.41, 5.74) is 1.40. The molecule has 0 unspecified atom stereocenters. The Kier molecular flexibility index (Phi) is 7.80. The van der Waals surface area contributed by atoms with E-state index < -0.39 is 10.0 Å². The molecule has 1 aliphatic carbocycles. The van der Waals surface area contributed by atoms with Crippen LogP contribution in [0.2, 0.25) is 0 Å². The molecule has 2 aromatic rings. The predicted octanol–water partition coefficient (Wildman–Crippen LogP) is 3.85. The lowest BCUT2D eigenvalue weighted by Gasteiger charge is -2.34. The number of hydrogen-bond donors (Lipinski definition) is 1. The van der Waals surface area contributed by atoms with Crippen molar-refractivity contribution in [1.29, 1.82) is 0 Å². The second-order valence-corrected chi connectivity index (χ2v) is 10.3. The van der Waals surface area contributed by atoms with Gasteiger partial charge < -0.3 is 5.32 Å². The Hall–Kier alpha value is -2.29. The Balaban J connectivity index is 1.72. The molecular formula is C23H30FN3O3S. The highest BCUT2D eigenvalue weighted by molar-refractivity contribution is 7.89. The molecule has 1 amide bonds. The van der Waals surface area contributed by atoms with E-state index in [0.717, 1.165) is 35.6 Å². The minimum absolute atomic E-state index is 0.130. The van der Waals surface area contributed by atoms with E-state index >= 15 is 0 Å². The van der Waals surface area contributed by atoms with Crippen molar-refractivity contribution < 1.29 is 17.6 Å². The first-order valence-corrected chi connectivity index (χ1v) is 12.0. The van der Waals surface area contributed by atoms with Crippen LogP contribution in [-0.2, 0) is 21.4 Å². The highest BCUT2D eigenvalue weighted by Crippen LogP contribution is 2.24. The molecule has 1 aliphatic rings. The lowest BCUT2D eigenvalue weighted by molar-refractivity contribution is -0.118. The van der Waals surface area contributed by atoms with Gasteiger partial charge in [-0.3, -0.25) is 9.69 Å². The van der Waals surface area contributed by atoms with Crippen molar-refractivity contribution in [2.45, 2.75) is 49.6 Å². The Morgan fingerprint density at radius 2 is 1.74 bits per heavy atom. The van der Waals surface area contributed by atoms with E-state index in [2.05, 4.69) is 10.2 Å². The van der Waals surface area contributed by atoms with Gasteiger partial charge in [0, 0.05) is 32.4 Å². The third-order valence-electron chi connectivity index (χ3n) is 5.63. The van der Waals surface area contributed by atoms with Crippen LogP contribution < -0.4 is 5.32 Å². The summed E-state index contributed by atoms with van der Waals surface area (Å²) in [6.07, 6.45) is 5.55. The normalized spacial score (nSPS) is 15.4. The highest BCUT2D eigenvalue weighted by atomic mass is 32.2. The Labute approximate surface area is 184 Å². The van der Waals surface area contributed by atoms with E-state index in [1.54, 1.807) is 24.3 Å². The van der Waals surface area contributed by atoms with Crippen molar-refractivity contribution in [3.05, 3.63) is 59.9 Å². The van der Waals surface area contributed by atoms with Gasteiger partial charge in [-0.15, -0.1) is 0 Å². The largest absolute Gasteiger partial charge is 0.325 e. The number of benzene rings is 2. The molecule has 1 fully saturated rings. The molecule has 0 aromatic heterocycles. The van der Waals surface area contributed by atoms with Gasteiger partial charge in [0.05, 0.1) is 11.4 Å². The monoisotopic (exact) mass is 447 g/mol. The van der Waals surface area contributed by atoms with Crippen LogP contribution in [0.1, 0.15) is 37.7 Å². The SMILES string of the molecule is CN(C)S(=O)(=O)c1cccc(NC(=O)CN(Cc2ccc(F)cc2)C2CCCCC2)c1. The maximum absolute atomic E-state index is 13.3. The van der Waals surface area contributed by atoms with Crippen molar-refractivity contribution >= 4 is 21.6 Å². The highest BCUT2D eigenvalue weighted by Gasteiger charge is 2.24. The number of carbonyl (C=O) groups excluding carboxylic acids is 1. The first-order valence-electron chi connectivity index (χ1n) is 10.6. The smallest absolute Gasteiger partial charge is 0.242 e. The number of sulfonamides is 1. The molecule has 0 aliphatic heterocycles. The van der Waals surface area contributed by atoms with E-state index in [1.165, 1.54) is 44.8 Å². The van der Waals surface area contributed by atoms with Gasteiger partial charge in [-0.25, -0.2) is 17.1 Å². The standard InChI is InChI=1S/C23H30FN3O3S/c1-26(2)31(29,30)22-10-6-7-20(15-22)25-23(28)17-27(21-8-4-3-5-9-21)16-18-11-13-19(24)14-12-18/h6-7,10-15,21H,3-5,8-9,16-17H2,1-2H3,(H,25,28). The summed E-state index contributed by atoms with van der Waals surface area (Å²) in [6, 6.07) is 12.9. The van der Waals surface area contributed by atoms with Crippen molar-refractivity contribution in [1.82, 2.24) is 9.21 Å². The molecule has 0 bridgehead atoms. The molecular weight excluding hydrogens is 417 g/mol. The quantitative estimate of drug-likeness (QED) is 0.667. The molecule has 0 atom stereocenters. The van der Waals surface area contributed by atoms with Crippen LogP contribution in [0.3, 0.4) is 0 Å². The van der Waals surface area contributed by atoms with Crippen molar-refractivity contribution in [3.63, 3.8) is 0 Å². The second kappa shape index (κ2) is 10.3. The summed E-state index contributed by atoms with van der Waals surface area (Å²) in [5.74, 6) is -0.481. The Morgan fingerprint density at radius 1 is 1.06 bits per heavy atom. The lowest BCUT2D eigenvalue weighted by atomic mass is 9.93. The molecule has 8 heteroatoms. The lowest BCUT2D eigenvalue weighted by Crippen LogP contribution is -2.41. The van der Waals surface area contributed by atoms with Gasteiger partial charge in [-0.1, -0.05) is 37.5 Å². The zero-order valence-electron chi connectivity index (χ0n) is 18.1. The first-order chi connectivity index (χ1) is 14.8. The summed E-state index contributed by atoms with van der Waals surface area (Å²) in [6.45, 7) is 0.750. The van der Waals surface area contributed by atoms with Crippen molar-refractivity contribution in [3.8, 4) is 0 Å². The van der Waals surface area contributed by atoms with E-state index in [0.29, 0.717) is 18.3 Å². The number of amides is 1. The van der Waals surface area contributed by atoms with Gasteiger partial charge in [-0.05, 0) is 48.7 Å².